The lowest BCUT2D eigenvalue weighted by Crippen LogP contribution is -2.25. The Hall–Kier alpha value is -2.31. The number of carbonyl (C=O) groups is 1. The predicted octanol–water partition coefficient (Wildman–Crippen LogP) is 0.631. The number of amides is 1. The molecule has 2 rings (SSSR count). The molecule has 1 aliphatic heterocycles. The van der Waals surface area contributed by atoms with Crippen molar-refractivity contribution in [2.45, 2.75) is 0 Å². The van der Waals surface area contributed by atoms with Crippen LogP contribution in [0.3, 0.4) is 0 Å². The highest BCUT2D eigenvalue weighted by Crippen LogP contribution is 2.39. The summed E-state index contributed by atoms with van der Waals surface area (Å²) in [7, 11) is 0. The molecule has 0 saturated heterocycles. The molecule has 1 heterocycles. The minimum atomic E-state index is -0.701. The molecule has 0 fully saturated rings. The van der Waals surface area contributed by atoms with Crippen molar-refractivity contribution >= 4 is 17.3 Å². The van der Waals surface area contributed by atoms with Gasteiger partial charge in [-0.05, 0) is 0 Å². The van der Waals surface area contributed by atoms with Crippen molar-refractivity contribution in [3.63, 3.8) is 0 Å². The van der Waals surface area contributed by atoms with E-state index in [-0.39, 0.29) is 23.8 Å². The number of nitrogens with zero attached hydrogens (tertiary/aromatic N) is 1. The van der Waals surface area contributed by atoms with Gasteiger partial charge in [-0.25, -0.2) is 0 Å². The van der Waals surface area contributed by atoms with Gasteiger partial charge in [0.25, 0.3) is 11.6 Å². The third-order valence-corrected chi connectivity index (χ3v) is 1.89. The van der Waals surface area contributed by atoms with Crippen molar-refractivity contribution in [1.29, 1.82) is 0 Å². The molecule has 1 amide bonds. The van der Waals surface area contributed by atoms with Crippen LogP contribution in [0.1, 0.15) is 0 Å². The van der Waals surface area contributed by atoms with Crippen LogP contribution in [0.25, 0.3) is 0 Å². The Morgan fingerprint density at radius 3 is 2.93 bits per heavy atom. The van der Waals surface area contributed by atoms with Gasteiger partial charge in [0.2, 0.25) is 0 Å². The van der Waals surface area contributed by atoms with E-state index in [1.807, 2.05) is 0 Å². The van der Waals surface area contributed by atoms with E-state index in [0.717, 1.165) is 6.07 Å². The largest absolute Gasteiger partial charge is 0.508 e. The molecule has 1 aromatic rings. The molecule has 0 unspecified atom stereocenters. The lowest BCUT2D eigenvalue weighted by atomic mass is 10.2. The maximum atomic E-state index is 11.0. The molecule has 0 atom stereocenters. The number of nitro benzene ring substituents is 1. The Labute approximate surface area is 83.4 Å². The fourth-order valence-electron chi connectivity index (χ4n) is 1.29. The van der Waals surface area contributed by atoms with E-state index in [1.54, 1.807) is 0 Å². The second-order valence-corrected chi connectivity index (χ2v) is 2.93. The number of ether oxygens (including phenoxy) is 1. The summed E-state index contributed by atoms with van der Waals surface area (Å²) in [4.78, 5) is 20.9. The van der Waals surface area contributed by atoms with Crippen LogP contribution in [-0.2, 0) is 4.79 Å². The van der Waals surface area contributed by atoms with Crippen LogP contribution in [0.5, 0.6) is 11.5 Å². The first-order valence-corrected chi connectivity index (χ1v) is 4.02. The average molecular weight is 210 g/mol. The van der Waals surface area contributed by atoms with Gasteiger partial charge in [-0.2, -0.15) is 0 Å². The summed E-state index contributed by atoms with van der Waals surface area (Å²) in [5.41, 5.74) is -0.410. The third-order valence-electron chi connectivity index (χ3n) is 1.89. The molecular formula is C8H6N2O5. The SMILES string of the molecule is O=C1COc2cc(O)cc([N+](=O)[O-])c2N1. The molecule has 0 aliphatic carbocycles. The third kappa shape index (κ3) is 1.54. The fraction of sp³-hybridized carbons (Fsp3) is 0.125. The van der Waals surface area contributed by atoms with E-state index >= 15 is 0 Å². The van der Waals surface area contributed by atoms with Crippen molar-refractivity contribution in [2.24, 2.45) is 0 Å². The van der Waals surface area contributed by atoms with Crippen LogP contribution in [0, 0.1) is 10.1 Å². The minimum absolute atomic E-state index is 0.0194. The molecule has 7 nitrogen and oxygen atoms in total. The summed E-state index contributed by atoms with van der Waals surface area (Å²) in [5, 5.41) is 22.1. The first kappa shape index (κ1) is 9.25. The van der Waals surface area contributed by atoms with Crippen LogP contribution in [0.2, 0.25) is 0 Å². The molecule has 7 heteroatoms. The number of fused-ring (bicyclic) bond motifs is 1. The number of carbonyl (C=O) groups excluding carboxylic acids is 1. The number of aromatic hydroxyl groups is 1. The number of rotatable bonds is 1. The van der Waals surface area contributed by atoms with E-state index in [4.69, 9.17) is 4.74 Å². The molecule has 0 radical (unpaired) electrons. The van der Waals surface area contributed by atoms with Crippen LogP contribution in [-0.4, -0.2) is 22.5 Å². The van der Waals surface area contributed by atoms with Gasteiger partial charge in [0.05, 0.1) is 11.0 Å². The highest BCUT2D eigenvalue weighted by Gasteiger charge is 2.26. The number of anilines is 1. The molecule has 1 aliphatic rings. The van der Waals surface area contributed by atoms with Crippen LogP contribution in [0.15, 0.2) is 12.1 Å². The summed E-state index contributed by atoms with van der Waals surface area (Å²) in [6.07, 6.45) is 0. The zero-order chi connectivity index (χ0) is 11.0. The van der Waals surface area contributed by atoms with E-state index in [9.17, 15) is 20.0 Å². The molecule has 0 spiro atoms. The summed E-state index contributed by atoms with van der Waals surface area (Å²) >= 11 is 0. The Balaban J connectivity index is 2.60. The van der Waals surface area contributed by atoms with Gasteiger partial charge in [0.1, 0.15) is 5.75 Å². The van der Waals surface area contributed by atoms with Gasteiger partial charge in [0.15, 0.2) is 18.0 Å². The standard InChI is InChI=1S/C8H6N2O5/c11-4-1-5(10(13)14)8-6(2-4)15-3-7(12)9-8/h1-2,11H,3H2,(H,9,12). The molecule has 0 saturated carbocycles. The average Bonchev–Trinajstić information content (AvgIpc) is 2.17. The van der Waals surface area contributed by atoms with Gasteiger partial charge in [-0.3, -0.25) is 14.9 Å². The maximum absolute atomic E-state index is 11.0. The second-order valence-electron chi connectivity index (χ2n) is 2.93. The van der Waals surface area contributed by atoms with Gasteiger partial charge in [-0.15, -0.1) is 0 Å². The van der Waals surface area contributed by atoms with Crippen LogP contribution < -0.4 is 10.1 Å². The van der Waals surface area contributed by atoms with Gasteiger partial charge < -0.3 is 15.2 Å². The minimum Gasteiger partial charge on any atom is -0.508 e. The maximum Gasteiger partial charge on any atom is 0.300 e. The van der Waals surface area contributed by atoms with Gasteiger partial charge in [0, 0.05) is 6.07 Å². The quantitative estimate of drug-likeness (QED) is 0.402. The lowest BCUT2D eigenvalue weighted by Gasteiger charge is -2.17. The summed E-state index contributed by atoms with van der Waals surface area (Å²) in [6.45, 7) is -0.215. The van der Waals surface area contributed by atoms with Crippen LogP contribution >= 0.6 is 0 Å². The fourth-order valence-corrected chi connectivity index (χ4v) is 1.29. The monoisotopic (exact) mass is 210 g/mol. The number of phenols is 1. The number of benzene rings is 1. The number of nitro groups is 1. The van der Waals surface area contributed by atoms with E-state index in [2.05, 4.69) is 5.32 Å². The Bertz CT molecular complexity index is 457. The first-order chi connectivity index (χ1) is 7.08. The first-order valence-electron chi connectivity index (χ1n) is 4.02. The highest BCUT2D eigenvalue weighted by molar-refractivity contribution is 5.98. The Kier molecular flexibility index (Phi) is 1.93. The van der Waals surface area contributed by atoms with E-state index in [1.165, 1.54) is 6.07 Å². The number of hydrogen-bond donors (Lipinski definition) is 2. The van der Waals surface area contributed by atoms with Crippen molar-refractivity contribution in [1.82, 2.24) is 0 Å². The van der Waals surface area contributed by atoms with Crippen molar-refractivity contribution in [3.05, 3.63) is 22.2 Å². The molecule has 0 aromatic heterocycles. The zero-order valence-corrected chi connectivity index (χ0v) is 7.39. The molecule has 0 bridgehead atoms. The molecule has 78 valence electrons. The molecule has 2 N–H and O–H groups in total. The van der Waals surface area contributed by atoms with E-state index < -0.39 is 16.5 Å². The topological polar surface area (TPSA) is 102 Å². The van der Waals surface area contributed by atoms with Crippen molar-refractivity contribution in [2.75, 3.05) is 11.9 Å². The van der Waals surface area contributed by atoms with Gasteiger partial charge >= 0.3 is 0 Å². The zero-order valence-electron chi connectivity index (χ0n) is 7.39. The normalized spacial score (nSPS) is 13.7. The Morgan fingerprint density at radius 2 is 2.27 bits per heavy atom. The summed E-state index contributed by atoms with van der Waals surface area (Å²) in [5.74, 6) is -0.644. The summed E-state index contributed by atoms with van der Waals surface area (Å²) in [6, 6.07) is 2.16. The Morgan fingerprint density at radius 1 is 1.53 bits per heavy atom. The number of nitrogens with one attached hydrogen (secondary N) is 1. The molecule has 15 heavy (non-hydrogen) atoms. The summed E-state index contributed by atoms with van der Waals surface area (Å²) < 4.78 is 4.93. The van der Waals surface area contributed by atoms with Crippen LogP contribution in [0.4, 0.5) is 11.4 Å². The number of phenolic OH excluding ortho intramolecular Hbond substituents is 1. The predicted molar refractivity (Wildman–Crippen MR) is 48.9 cm³/mol. The number of hydrogen-bond acceptors (Lipinski definition) is 5. The van der Waals surface area contributed by atoms with E-state index in [0.29, 0.717) is 0 Å². The van der Waals surface area contributed by atoms with Gasteiger partial charge in [-0.1, -0.05) is 0 Å². The second kappa shape index (κ2) is 3.12. The lowest BCUT2D eigenvalue weighted by molar-refractivity contribution is -0.384. The highest BCUT2D eigenvalue weighted by atomic mass is 16.6. The molecule has 1 aromatic carbocycles. The van der Waals surface area contributed by atoms with Crippen molar-refractivity contribution in [3.8, 4) is 11.5 Å². The van der Waals surface area contributed by atoms with Crippen molar-refractivity contribution < 1.29 is 19.6 Å². The molecular weight excluding hydrogens is 204 g/mol. The smallest absolute Gasteiger partial charge is 0.300 e.